The summed E-state index contributed by atoms with van der Waals surface area (Å²) >= 11 is 0. The number of benzene rings is 3. The molecule has 3 aromatic carbocycles. The number of nitrogens with one attached hydrogen (secondary N) is 2. The van der Waals surface area contributed by atoms with Gasteiger partial charge >= 0.3 is 6.18 Å². The van der Waals surface area contributed by atoms with Gasteiger partial charge in [-0.25, -0.2) is 18.5 Å². The van der Waals surface area contributed by atoms with Crippen LogP contribution in [0.4, 0.5) is 42.0 Å². The highest BCUT2D eigenvalue weighted by atomic mass is 32.2. The van der Waals surface area contributed by atoms with E-state index in [0.29, 0.717) is 12.2 Å². The minimum atomic E-state index is -4.67. The van der Waals surface area contributed by atoms with Crippen LogP contribution in [0.5, 0.6) is 5.75 Å². The van der Waals surface area contributed by atoms with Gasteiger partial charge < -0.3 is 20.3 Å². The number of alkyl halides is 3. The van der Waals surface area contributed by atoms with E-state index in [2.05, 4.69) is 37.6 Å². The van der Waals surface area contributed by atoms with Crippen molar-refractivity contribution >= 4 is 38.9 Å². The molecular weight excluding hydrogens is 545 g/mol. The van der Waals surface area contributed by atoms with Crippen molar-refractivity contribution in [2.75, 3.05) is 29.2 Å². The Morgan fingerprint density at radius 3 is 2.45 bits per heavy atom. The Labute approximate surface area is 229 Å². The zero-order valence-electron chi connectivity index (χ0n) is 21.6. The molecule has 0 aliphatic heterocycles. The molecule has 4 N–H and O–H groups in total. The van der Waals surface area contributed by atoms with E-state index >= 15 is 0 Å². The normalized spacial score (nSPS) is 11.7. The smallest absolute Gasteiger partial charge is 0.422 e. The third kappa shape index (κ3) is 7.61. The molecule has 0 saturated carbocycles. The number of hydrogen-bond donors (Lipinski definition) is 3. The highest BCUT2D eigenvalue weighted by Gasteiger charge is 2.30. The van der Waals surface area contributed by atoms with Gasteiger partial charge in [0, 0.05) is 31.2 Å². The Balaban J connectivity index is 1.55. The number of primary sulfonamides is 1. The zero-order valence-corrected chi connectivity index (χ0v) is 22.4. The molecule has 4 rings (SSSR count). The van der Waals surface area contributed by atoms with Crippen molar-refractivity contribution in [3.63, 3.8) is 0 Å². The predicted octanol–water partition coefficient (Wildman–Crippen LogP) is 5.50. The summed E-state index contributed by atoms with van der Waals surface area (Å²) in [5, 5.41) is 11.2. The van der Waals surface area contributed by atoms with Gasteiger partial charge in [-0.3, -0.25) is 0 Å². The highest BCUT2D eigenvalue weighted by molar-refractivity contribution is 7.89. The number of ether oxygens (including phenoxy) is 1. The lowest BCUT2D eigenvalue weighted by Gasteiger charge is -2.22. The number of nitrogens with zero attached hydrogens (tertiary/aromatic N) is 3. The topological polar surface area (TPSA) is 122 Å². The van der Waals surface area contributed by atoms with Crippen molar-refractivity contribution in [2.24, 2.45) is 5.14 Å². The summed E-state index contributed by atoms with van der Waals surface area (Å²) in [6.45, 7) is 1.04. The van der Waals surface area contributed by atoms with Crippen LogP contribution in [0.25, 0.3) is 0 Å². The van der Waals surface area contributed by atoms with E-state index in [-0.39, 0.29) is 17.5 Å². The maximum atomic E-state index is 12.7. The molecule has 210 valence electrons. The fourth-order valence-electron chi connectivity index (χ4n) is 3.98. The van der Waals surface area contributed by atoms with E-state index in [1.165, 1.54) is 24.4 Å². The summed E-state index contributed by atoms with van der Waals surface area (Å²) in [5.41, 5.74) is 3.84. The van der Waals surface area contributed by atoms with Crippen molar-refractivity contribution < 1.29 is 26.3 Å². The van der Waals surface area contributed by atoms with Gasteiger partial charge in [0.25, 0.3) is 0 Å². The Morgan fingerprint density at radius 1 is 1.00 bits per heavy atom. The Morgan fingerprint density at radius 2 is 1.75 bits per heavy atom. The first kappa shape index (κ1) is 28.6. The molecule has 40 heavy (non-hydrogen) atoms. The summed E-state index contributed by atoms with van der Waals surface area (Å²) in [7, 11) is -2.47. The van der Waals surface area contributed by atoms with E-state index in [0.717, 1.165) is 22.9 Å². The summed E-state index contributed by atoms with van der Waals surface area (Å²) < 4.78 is 67.3. The maximum absolute atomic E-state index is 12.7. The van der Waals surface area contributed by atoms with E-state index < -0.39 is 33.5 Å². The lowest BCUT2D eigenvalue weighted by molar-refractivity contribution is -0.153. The number of aryl methyl sites for hydroxylation is 1. The average molecular weight is 573 g/mol. The second-order valence-corrected chi connectivity index (χ2v) is 10.4. The Kier molecular flexibility index (Phi) is 8.45. The van der Waals surface area contributed by atoms with Gasteiger partial charge in [0.15, 0.2) is 6.61 Å². The predicted molar refractivity (Wildman–Crippen MR) is 148 cm³/mol. The van der Waals surface area contributed by atoms with E-state index in [4.69, 9.17) is 9.88 Å². The molecule has 9 nitrogen and oxygen atoms in total. The highest BCUT2D eigenvalue weighted by Crippen LogP contribution is 2.33. The monoisotopic (exact) mass is 572 g/mol. The molecule has 0 unspecified atom stereocenters. The van der Waals surface area contributed by atoms with E-state index in [1.54, 1.807) is 0 Å². The van der Waals surface area contributed by atoms with Crippen molar-refractivity contribution in [1.82, 2.24) is 9.97 Å². The fourth-order valence-corrected chi connectivity index (χ4v) is 4.81. The molecule has 0 amide bonds. The number of halogens is 3. The van der Waals surface area contributed by atoms with Crippen LogP contribution >= 0.6 is 0 Å². The molecule has 4 aromatic rings. The minimum absolute atomic E-state index is 0.105. The van der Waals surface area contributed by atoms with Crippen LogP contribution in [-0.4, -0.2) is 38.2 Å². The Hall–Kier alpha value is -4.36. The van der Waals surface area contributed by atoms with Crippen LogP contribution in [-0.2, 0) is 16.6 Å². The molecule has 0 spiro atoms. The standard InChI is InChI=1S/C27H27F3N6O3S/c1-18-11-12-20(15-22(18)36(2)16-19-7-4-3-5-8-19)33-26-32-14-13-24(35-26)34-21-9-6-10-23(25(21)40(31,37)38)39-17-27(28,29)30/h3-15H,16-17H2,1-2H3,(H2,31,37,38)(H2,32,33,34,35). The maximum Gasteiger partial charge on any atom is 0.422 e. The molecule has 0 atom stereocenters. The summed E-state index contributed by atoms with van der Waals surface area (Å²) in [5.74, 6) is -0.167. The third-order valence-electron chi connectivity index (χ3n) is 5.71. The van der Waals surface area contributed by atoms with Gasteiger partial charge in [-0.15, -0.1) is 0 Å². The minimum Gasteiger partial charge on any atom is -0.483 e. The number of sulfonamides is 1. The second-order valence-electron chi connectivity index (χ2n) is 8.94. The summed E-state index contributed by atoms with van der Waals surface area (Å²) in [4.78, 5) is 10.1. The molecule has 0 fully saturated rings. The fraction of sp³-hybridized carbons (Fsp3) is 0.185. The largest absolute Gasteiger partial charge is 0.483 e. The first-order valence-electron chi connectivity index (χ1n) is 12.0. The van der Waals surface area contributed by atoms with Gasteiger partial charge in [0.2, 0.25) is 16.0 Å². The number of anilines is 5. The van der Waals surface area contributed by atoms with E-state index in [9.17, 15) is 21.6 Å². The summed E-state index contributed by atoms with van der Waals surface area (Å²) in [6.07, 6.45) is -3.23. The zero-order chi connectivity index (χ0) is 28.9. The number of hydrogen-bond acceptors (Lipinski definition) is 8. The molecule has 0 radical (unpaired) electrons. The first-order chi connectivity index (χ1) is 18.9. The molecule has 0 aliphatic rings. The number of nitrogens with two attached hydrogens (primary N) is 1. The van der Waals surface area contributed by atoms with Crippen LogP contribution in [0, 0.1) is 6.92 Å². The molecule has 0 bridgehead atoms. The van der Waals surface area contributed by atoms with Crippen molar-refractivity contribution in [2.45, 2.75) is 24.5 Å². The lowest BCUT2D eigenvalue weighted by Crippen LogP contribution is -2.22. The molecular formula is C27H27F3N6O3S. The van der Waals surface area contributed by atoms with Crippen LogP contribution in [0.3, 0.4) is 0 Å². The second kappa shape index (κ2) is 11.8. The van der Waals surface area contributed by atoms with Gasteiger partial charge in [-0.1, -0.05) is 42.5 Å². The summed E-state index contributed by atoms with van der Waals surface area (Å²) in [6, 6.07) is 21.1. The van der Waals surface area contributed by atoms with Crippen molar-refractivity contribution in [3.05, 3.63) is 90.1 Å². The molecule has 1 aromatic heterocycles. The van der Waals surface area contributed by atoms with Gasteiger partial charge in [-0.2, -0.15) is 18.2 Å². The molecule has 1 heterocycles. The van der Waals surface area contributed by atoms with Gasteiger partial charge in [0.1, 0.15) is 16.5 Å². The Bertz CT molecular complexity index is 1580. The first-order valence-corrected chi connectivity index (χ1v) is 13.5. The van der Waals surface area contributed by atoms with Crippen molar-refractivity contribution in [3.8, 4) is 5.75 Å². The van der Waals surface area contributed by atoms with Crippen molar-refractivity contribution in [1.29, 1.82) is 0 Å². The molecule has 0 aliphatic carbocycles. The quantitative estimate of drug-likeness (QED) is 0.228. The van der Waals surface area contributed by atoms with Gasteiger partial charge in [-0.05, 0) is 48.4 Å². The van der Waals surface area contributed by atoms with E-state index in [1.807, 2.05) is 50.4 Å². The lowest BCUT2D eigenvalue weighted by atomic mass is 10.1. The van der Waals surface area contributed by atoms with Crippen LogP contribution in [0.2, 0.25) is 0 Å². The third-order valence-corrected chi connectivity index (χ3v) is 6.70. The van der Waals surface area contributed by atoms with Crippen LogP contribution < -0.4 is 25.4 Å². The van der Waals surface area contributed by atoms with Gasteiger partial charge in [0.05, 0.1) is 5.69 Å². The van der Waals surface area contributed by atoms with Crippen LogP contribution in [0.15, 0.2) is 83.9 Å². The molecule has 0 saturated heterocycles. The molecule has 13 heteroatoms. The number of rotatable bonds is 10. The van der Waals surface area contributed by atoms with Crippen LogP contribution in [0.1, 0.15) is 11.1 Å². The number of aromatic nitrogens is 2. The SMILES string of the molecule is Cc1ccc(Nc2nccc(Nc3cccc(OCC(F)(F)F)c3S(N)(=O)=O)n2)cc1N(C)Cc1ccccc1. The average Bonchev–Trinajstić information content (AvgIpc) is 2.88.